The molecule has 0 fully saturated rings. The largest absolute Gasteiger partial charge is 0.319 e. The molecular weight excluding hydrogens is 316 g/mol. The minimum absolute atomic E-state index is 0.139. The molecule has 0 aliphatic heterocycles. The number of aryl methyl sites for hydroxylation is 2. The van der Waals surface area contributed by atoms with Gasteiger partial charge in [-0.25, -0.2) is 10.4 Å². The Balaban J connectivity index is 1.58. The molecule has 0 atom stereocenters. The van der Waals surface area contributed by atoms with Crippen molar-refractivity contribution in [3.8, 4) is 0 Å². The predicted octanol–water partition coefficient (Wildman–Crippen LogP) is 2.31. The maximum atomic E-state index is 12.0. The zero-order valence-electron chi connectivity index (χ0n) is 13.8. The molecule has 3 rings (SSSR count). The van der Waals surface area contributed by atoms with Gasteiger partial charge in [0.2, 0.25) is 5.91 Å². The number of aromatic amines is 1. The number of hydrogen-bond donors (Lipinski definition) is 2. The van der Waals surface area contributed by atoms with Crippen molar-refractivity contribution in [1.82, 2.24) is 15.4 Å². The second-order valence-electron chi connectivity index (χ2n) is 5.73. The van der Waals surface area contributed by atoms with Gasteiger partial charge in [0.1, 0.15) is 5.69 Å². The van der Waals surface area contributed by atoms with Crippen molar-refractivity contribution < 1.29 is 4.79 Å². The molecule has 0 radical (unpaired) electrons. The average Bonchev–Trinajstić information content (AvgIpc) is 2.61. The number of para-hydroxylation sites is 2. The fourth-order valence-electron chi connectivity index (χ4n) is 2.36. The van der Waals surface area contributed by atoms with Gasteiger partial charge in [-0.3, -0.25) is 9.59 Å². The third kappa shape index (κ3) is 4.38. The molecule has 3 aromatic rings. The van der Waals surface area contributed by atoms with Gasteiger partial charge in [0.05, 0.1) is 17.2 Å². The Labute approximate surface area is 144 Å². The summed E-state index contributed by atoms with van der Waals surface area (Å²) in [6.07, 6.45) is 1.98. The number of hydrazone groups is 1. The number of fused-ring (bicyclic) bond motifs is 1. The van der Waals surface area contributed by atoms with Gasteiger partial charge in [-0.2, -0.15) is 5.10 Å². The normalized spacial score (nSPS) is 11.1. The Hall–Kier alpha value is -3.28. The van der Waals surface area contributed by atoms with Crippen molar-refractivity contribution >= 4 is 23.2 Å². The summed E-state index contributed by atoms with van der Waals surface area (Å²) in [7, 11) is 0. The van der Waals surface area contributed by atoms with Crippen molar-refractivity contribution in [3.05, 3.63) is 75.7 Å². The molecule has 126 valence electrons. The summed E-state index contributed by atoms with van der Waals surface area (Å²) < 4.78 is 0. The average molecular weight is 334 g/mol. The minimum Gasteiger partial charge on any atom is -0.319 e. The van der Waals surface area contributed by atoms with E-state index in [0.717, 1.165) is 11.1 Å². The van der Waals surface area contributed by atoms with Gasteiger partial charge >= 0.3 is 0 Å². The Morgan fingerprint density at radius 3 is 2.76 bits per heavy atom. The first-order valence-corrected chi connectivity index (χ1v) is 7.98. The Morgan fingerprint density at radius 2 is 1.96 bits per heavy atom. The SMILES string of the molecule is Cc1ccc(/C=N/NC(=O)CCc2nc3ccccc3[nH]c2=O)cc1. The van der Waals surface area contributed by atoms with Crippen LogP contribution in [0.1, 0.15) is 23.2 Å². The summed E-state index contributed by atoms with van der Waals surface area (Å²) in [6, 6.07) is 15.1. The fourth-order valence-corrected chi connectivity index (χ4v) is 2.36. The van der Waals surface area contributed by atoms with E-state index in [9.17, 15) is 9.59 Å². The van der Waals surface area contributed by atoms with Crippen molar-refractivity contribution in [2.45, 2.75) is 19.8 Å². The molecular formula is C19H18N4O2. The van der Waals surface area contributed by atoms with E-state index in [1.54, 1.807) is 12.3 Å². The quantitative estimate of drug-likeness (QED) is 0.554. The van der Waals surface area contributed by atoms with E-state index < -0.39 is 0 Å². The molecule has 0 spiro atoms. The van der Waals surface area contributed by atoms with Crippen LogP contribution in [0.5, 0.6) is 0 Å². The van der Waals surface area contributed by atoms with Gasteiger partial charge in [-0.15, -0.1) is 0 Å². The Morgan fingerprint density at radius 1 is 1.20 bits per heavy atom. The number of benzene rings is 2. The maximum absolute atomic E-state index is 12.0. The van der Waals surface area contributed by atoms with Crippen LogP contribution in [0.15, 0.2) is 58.4 Å². The van der Waals surface area contributed by atoms with E-state index in [0.29, 0.717) is 16.7 Å². The first-order valence-electron chi connectivity index (χ1n) is 7.98. The summed E-state index contributed by atoms with van der Waals surface area (Å²) in [6.45, 7) is 2.01. The van der Waals surface area contributed by atoms with E-state index in [1.165, 1.54) is 0 Å². The number of carbonyl (C=O) groups is 1. The first-order chi connectivity index (χ1) is 12.1. The number of amides is 1. The van der Waals surface area contributed by atoms with Crippen LogP contribution in [0.25, 0.3) is 11.0 Å². The molecule has 0 saturated carbocycles. The highest BCUT2D eigenvalue weighted by molar-refractivity contribution is 5.82. The molecule has 1 aromatic heterocycles. The van der Waals surface area contributed by atoms with E-state index in [-0.39, 0.29) is 24.3 Å². The number of hydrogen-bond acceptors (Lipinski definition) is 4. The topological polar surface area (TPSA) is 87.2 Å². The highest BCUT2D eigenvalue weighted by Crippen LogP contribution is 2.06. The van der Waals surface area contributed by atoms with Gasteiger partial charge in [-0.05, 0) is 24.6 Å². The second kappa shape index (κ2) is 7.53. The number of carbonyl (C=O) groups excluding carboxylic acids is 1. The van der Waals surface area contributed by atoms with E-state index in [4.69, 9.17) is 0 Å². The van der Waals surface area contributed by atoms with Crippen molar-refractivity contribution in [2.24, 2.45) is 5.10 Å². The van der Waals surface area contributed by atoms with Crippen LogP contribution >= 0.6 is 0 Å². The van der Waals surface area contributed by atoms with Gasteiger partial charge < -0.3 is 4.98 Å². The lowest BCUT2D eigenvalue weighted by atomic mass is 10.2. The molecule has 2 N–H and O–H groups in total. The van der Waals surface area contributed by atoms with Gasteiger partial charge in [0, 0.05) is 12.8 Å². The first kappa shape index (κ1) is 16.6. The third-order valence-corrected chi connectivity index (χ3v) is 3.74. The molecule has 0 bridgehead atoms. The summed E-state index contributed by atoms with van der Waals surface area (Å²) >= 11 is 0. The van der Waals surface area contributed by atoms with Crippen LogP contribution < -0.4 is 11.0 Å². The molecule has 6 heteroatoms. The van der Waals surface area contributed by atoms with Crippen LogP contribution in [0.2, 0.25) is 0 Å². The van der Waals surface area contributed by atoms with E-state index in [2.05, 4.69) is 20.5 Å². The minimum atomic E-state index is -0.269. The predicted molar refractivity (Wildman–Crippen MR) is 97.6 cm³/mol. The number of nitrogens with zero attached hydrogens (tertiary/aromatic N) is 2. The van der Waals surface area contributed by atoms with Crippen molar-refractivity contribution in [3.63, 3.8) is 0 Å². The zero-order valence-corrected chi connectivity index (χ0v) is 13.8. The fraction of sp³-hybridized carbons (Fsp3) is 0.158. The zero-order chi connectivity index (χ0) is 17.6. The molecule has 1 amide bonds. The maximum Gasteiger partial charge on any atom is 0.270 e. The van der Waals surface area contributed by atoms with Crippen molar-refractivity contribution in [1.29, 1.82) is 0 Å². The van der Waals surface area contributed by atoms with Gasteiger partial charge in [0.15, 0.2) is 0 Å². The third-order valence-electron chi connectivity index (χ3n) is 3.74. The van der Waals surface area contributed by atoms with Crippen LogP contribution in [0.4, 0.5) is 0 Å². The molecule has 0 saturated heterocycles. The molecule has 25 heavy (non-hydrogen) atoms. The van der Waals surface area contributed by atoms with E-state index in [1.807, 2.05) is 49.4 Å². The van der Waals surface area contributed by atoms with Crippen LogP contribution in [-0.4, -0.2) is 22.1 Å². The lowest BCUT2D eigenvalue weighted by molar-refractivity contribution is -0.121. The molecule has 2 aromatic carbocycles. The van der Waals surface area contributed by atoms with Crippen LogP contribution in [-0.2, 0) is 11.2 Å². The second-order valence-corrected chi connectivity index (χ2v) is 5.73. The van der Waals surface area contributed by atoms with Crippen molar-refractivity contribution in [2.75, 3.05) is 0 Å². The molecule has 6 nitrogen and oxygen atoms in total. The summed E-state index contributed by atoms with van der Waals surface area (Å²) in [4.78, 5) is 31.0. The molecule has 0 unspecified atom stereocenters. The lowest BCUT2D eigenvalue weighted by Crippen LogP contribution is -2.21. The standard InChI is InChI=1S/C19H18N4O2/c1-13-6-8-14(9-7-13)12-20-23-18(24)11-10-17-19(25)22-16-5-3-2-4-15(16)21-17/h2-9,12H,10-11H2,1H3,(H,22,25)(H,23,24)/b20-12+. The highest BCUT2D eigenvalue weighted by atomic mass is 16.2. The number of rotatable bonds is 5. The van der Waals surface area contributed by atoms with Crippen LogP contribution in [0, 0.1) is 6.92 Å². The Kier molecular flexibility index (Phi) is 4.99. The Bertz CT molecular complexity index is 975. The molecule has 1 heterocycles. The van der Waals surface area contributed by atoms with Gasteiger partial charge in [-0.1, -0.05) is 42.0 Å². The van der Waals surface area contributed by atoms with Crippen LogP contribution in [0.3, 0.4) is 0 Å². The number of H-pyrrole nitrogens is 1. The summed E-state index contributed by atoms with van der Waals surface area (Å²) in [5, 5.41) is 3.92. The lowest BCUT2D eigenvalue weighted by Gasteiger charge is -2.02. The highest BCUT2D eigenvalue weighted by Gasteiger charge is 2.07. The smallest absolute Gasteiger partial charge is 0.270 e. The molecule has 0 aliphatic carbocycles. The molecule has 0 aliphatic rings. The summed E-state index contributed by atoms with van der Waals surface area (Å²) in [5.74, 6) is -0.266. The summed E-state index contributed by atoms with van der Waals surface area (Å²) in [5.41, 5.74) is 5.99. The monoisotopic (exact) mass is 334 g/mol. The number of aromatic nitrogens is 2. The van der Waals surface area contributed by atoms with E-state index >= 15 is 0 Å². The number of nitrogens with one attached hydrogen (secondary N) is 2. The van der Waals surface area contributed by atoms with Gasteiger partial charge in [0.25, 0.3) is 5.56 Å².